The van der Waals surface area contributed by atoms with E-state index in [-0.39, 0.29) is 0 Å². The minimum Gasteiger partial charge on any atom is -0.315 e. The lowest BCUT2D eigenvalue weighted by molar-refractivity contribution is 0.213. The Bertz CT molecular complexity index is 351. The van der Waals surface area contributed by atoms with Gasteiger partial charge in [-0.05, 0) is 19.4 Å². The molecule has 1 aromatic heterocycles. The van der Waals surface area contributed by atoms with Gasteiger partial charge in [0.1, 0.15) is 12.2 Å². The van der Waals surface area contributed by atoms with Crippen LogP contribution in [-0.2, 0) is 13.1 Å². The van der Waals surface area contributed by atoms with Crippen molar-refractivity contribution in [1.29, 1.82) is 5.26 Å². The van der Waals surface area contributed by atoms with Crippen molar-refractivity contribution in [1.82, 2.24) is 19.7 Å². The largest absolute Gasteiger partial charge is 0.315 e. The van der Waals surface area contributed by atoms with Gasteiger partial charge in [0, 0.05) is 19.5 Å². The lowest BCUT2D eigenvalue weighted by atomic mass is 10.2. The van der Waals surface area contributed by atoms with Gasteiger partial charge in [-0.3, -0.25) is 4.90 Å². The smallest absolute Gasteiger partial charge is 0.147 e. The van der Waals surface area contributed by atoms with Crippen molar-refractivity contribution in [2.45, 2.75) is 32.4 Å². The molecule has 15 heavy (non-hydrogen) atoms. The Morgan fingerprint density at radius 1 is 1.40 bits per heavy atom. The predicted octanol–water partition coefficient (Wildman–Crippen LogP) is 0.788. The van der Waals surface area contributed by atoms with Crippen LogP contribution in [0, 0.1) is 11.3 Å². The quantitative estimate of drug-likeness (QED) is 0.682. The molecule has 0 aromatic carbocycles. The lowest BCUT2D eigenvalue weighted by Crippen LogP contribution is -2.34. The summed E-state index contributed by atoms with van der Waals surface area (Å²) in [6.07, 6.45) is 4.56. The summed E-state index contributed by atoms with van der Waals surface area (Å²) in [4.78, 5) is 2.38. The van der Waals surface area contributed by atoms with Crippen LogP contribution < -0.4 is 0 Å². The second-order valence-electron chi connectivity index (χ2n) is 3.83. The van der Waals surface area contributed by atoms with Crippen LogP contribution in [0.3, 0.4) is 0 Å². The normalized spacial score (nSPS) is 15.9. The van der Waals surface area contributed by atoms with Crippen LogP contribution >= 0.6 is 0 Å². The molecule has 0 aliphatic carbocycles. The van der Waals surface area contributed by atoms with E-state index in [1.54, 1.807) is 6.33 Å². The van der Waals surface area contributed by atoms with Gasteiger partial charge in [0.15, 0.2) is 0 Å². The third kappa shape index (κ3) is 2.54. The molecule has 5 nitrogen and oxygen atoms in total. The van der Waals surface area contributed by atoms with E-state index in [2.05, 4.69) is 25.7 Å². The summed E-state index contributed by atoms with van der Waals surface area (Å²) < 4.78 is 2.10. The van der Waals surface area contributed by atoms with Gasteiger partial charge in [0.05, 0.1) is 12.6 Å². The maximum absolute atomic E-state index is 8.42. The van der Waals surface area contributed by atoms with Crippen molar-refractivity contribution in [3.63, 3.8) is 0 Å². The number of fused-ring (bicyclic) bond motifs is 1. The molecule has 1 aromatic rings. The molecule has 0 saturated carbocycles. The molecular weight excluding hydrogens is 190 g/mol. The summed E-state index contributed by atoms with van der Waals surface area (Å²) in [7, 11) is 0. The van der Waals surface area contributed by atoms with Crippen LogP contribution in [0.1, 0.15) is 25.1 Å². The zero-order valence-corrected chi connectivity index (χ0v) is 8.76. The Morgan fingerprint density at radius 3 is 3.20 bits per heavy atom. The molecule has 2 heterocycles. The molecule has 5 heteroatoms. The van der Waals surface area contributed by atoms with Gasteiger partial charge < -0.3 is 4.57 Å². The Hall–Kier alpha value is -1.41. The van der Waals surface area contributed by atoms with Crippen molar-refractivity contribution in [2.75, 3.05) is 13.1 Å². The van der Waals surface area contributed by atoms with Crippen LogP contribution in [0.15, 0.2) is 6.33 Å². The first-order valence-corrected chi connectivity index (χ1v) is 5.36. The van der Waals surface area contributed by atoms with E-state index in [4.69, 9.17) is 5.26 Å². The minimum absolute atomic E-state index is 0.671. The van der Waals surface area contributed by atoms with Crippen molar-refractivity contribution >= 4 is 0 Å². The molecule has 0 N–H and O–H groups in total. The molecular formula is C10H15N5. The van der Waals surface area contributed by atoms with Gasteiger partial charge in [0.25, 0.3) is 0 Å². The second kappa shape index (κ2) is 4.89. The molecule has 0 unspecified atom stereocenters. The summed E-state index contributed by atoms with van der Waals surface area (Å²) in [6.45, 7) is 4.01. The highest BCUT2D eigenvalue weighted by Gasteiger charge is 2.16. The minimum atomic E-state index is 0.671. The standard InChI is InChI=1S/C10H15N5/c11-4-2-1-3-5-14-6-7-15-9-12-13-10(15)8-14/h9H,1-3,5-8H2. The predicted molar refractivity (Wildman–Crippen MR) is 54.8 cm³/mol. The van der Waals surface area contributed by atoms with Gasteiger partial charge in [-0.1, -0.05) is 0 Å². The molecule has 80 valence electrons. The molecule has 0 spiro atoms. The fourth-order valence-electron chi connectivity index (χ4n) is 1.85. The molecule has 1 aliphatic heterocycles. The summed E-state index contributed by atoms with van der Waals surface area (Å²) in [5, 5.41) is 16.4. The molecule has 2 rings (SSSR count). The SMILES string of the molecule is N#CCCCCN1CCn2cnnc2C1. The van der Waals surface area contributed by atoms with E-state index in [9.17, 15) is 0 Å². The summed E-state index contributed by atoms with van der Waals surface area (Å²) >= 11 is 0. The van der Waals surface area contributed by atoms with Crippen LogP contribution in [0.25, 0.3) is 0 Å². The van der Waals surface area contributed by atoms with Crippen LogP contribution in [0.2, 0.25) is 0 Å². The van der Waals surface area contributed by atoms with Crippen molar-refractivity contribution < 1.29 is 0 Å². The maximum atomic E-state index is 8.42. The van der Waals surface area contributed by atoms with Gasteiger partial charge in [-0.25, -0.2) is 0 Å². The lowest BCUT2D eigenvalue weighted by Gasteiger charge is -2.26. The van der Waals surface area contributed by atoms with Crippen LogP contribution in [0.5, 0.6) is 0 Å². The third-order valence-electron chi connectivity index (χ3n) is 2.73. The van der Waals surface area contributed by atoms with E-state index in [1.165, 1.54) is 0 Å². The maximum Gasteiger partial charge on any atom is 0.147 e. The van der Waals surface area contributed by atoms with Crippen molar-refractivity contribution in [3.8, 4) is 6.07 Å². The van der Waals surface area contributed by atoms with Crippen molar-refractivity contribution in [2.24, 2.45) is 0 Å². The van der Waals surface area contributed by atoms with Gasteiger partial charge >= 0.3 is 0 Å². The number of rotatable bonds is 4. The van der Waals surface area contributed by atoms with Crippen LogP contribution in [-0.4, -0.2) is 32.8 Å². The molecule has 0 fully saturated rings. The summed E-state index contributed by atoms with van der Waals surface area (Å²) in [6, 6.07) is 2.17. The molecule has 0 saturated heterocycles. The number of nitrogens with zero attached hydrogens (tertiary/aromatic N) is 5. The molecule has 1 aliphatic rings. The first-order chi connectivity index (χ1) is 7.40. The van der Waals surface area contributed by atoms with Gasteiger partial charge in [0.2, 0.25) is 0 Å². The van der Waals surface area contributed by atoms with E-state index in [1.807, 2.05) is 0 Å². The molecule has 0 amide bonds. The number of hydrogen-bond acceptors (Lipinski definition) is 4. The third-order valence-corrected chi connectivity index (χ3v) is 2.73. The second-order valence-corrected chi connectivity index (χ2v) is 3.83. The highest BCUT2D eigenvalue weighted by molar-refractivity contribution is 4.89. The Balaban J connectivity index is 1.76. The number of hydrogen-bond donors (Lipinski definition) is 0. The molecule has 0 atom stereocenters. The van der Waals surface area contributed by atoms with E-state index >= 15 is 0 Å². The highest BCUT2D eigenvalue weighted by atomic mass is 15.3. The summed E-state index contributed by atoms with van der Waals surface area (Å²) in [5.41, 5.74) is 0. The first-order valence-electron chi connectivity index (χ1n) is 5.36. The van der Waals surface area contributed by atoms with Crippen molar-refractivity contribution in [3.05, 3.63) is 12.2 Å². The average Bonchev–Trinajstić information content (AvgIpc) is 2.71. The fourth-order valence-corrected chi connectivity index (χ4v) is 1.85. The monoisotopic (exact) mass is 205 g/mol. The zero-order valence-electron chi connectivity index (χ0n) is 8.76. The van der Waals surface area contributed by atoms with Crippen LogP contribution in [0.4, 0.5) is 0 Å². The molecule has 0 radical (unpaired) electrons. The van der Waals surface area contributed by atoms with Gasteiger partial charge in [-0.15, -0.1) is 10.2 Å². The first kappa shape index (κ1) is 10.1. The Kier molecular flexibility index (Phi) is 3.30. The number of aromatic nitrogens is 3. The highest BCUT2D eigenvalue weighted by Crippen LogP contribution is 2.09. The average molecular weight is 205 g/mol. The molecule has 0 bridgehead atoms. The summed E-state index contributed by atoms with van der Waals surface area (Å²) in [5.74, 6) is 1.06. The van der Waals surface area contributed by atoms with E-state index in [0.29, 0.717) is 6.42 Å². The number of unbranched alkanes of at least 4 members (excludes halogenated alkanes) is 2. The zero-order chi connectivity index (χ0) is 10.5. The Labute approximate surface area is 89.3 Å². The topological polar surface area (TPSA) is 57.7 Å². The fraction of sp³-hybridized carbons (Fsp3) is 0.700. The number of nitriles is 1. The van der Waals surface area contributed by atoms with Gasteiger partial charge in [-0.2, -0.15) is 5.26 Å². The Morgan fingerprint density at radius 2 is 2.33 bits per heavy atom. The van der Waals surface area contributed by atoms with E-state index in [0.717, 1.165) is 44.8 Å². The van der Waals surface area contributed by atoms with E-state index < -0.39 is 0 Å².